The highest BCUT2D eigenvalue weighted by Gasteiger charge is 2.41. The molecule has 0 fully saturated rings. The van der Waals surface area contributed by atoms with E-state index in [1.165, 1.54) is 12.1 Å². The maximum atomic E-state index is 14.3. The van der Waals surface area contributed by atoms with Gasteiger partial charge in [-0.25, -0.2) is 9.37 Å². The van der Waals surface area contributed by atoms with Gasteiger partial charge in [-0.3, -0.25) is 14.6 Å². The lowest BCUT2D eigenvalue weighted by Gasteiger charge is -2.34. The van der Waals surface area contributed by atoms with Gasteiger partial charge in [0.25, 0.3) is 5.91 Å². The van der Waals surface area contributed by atoms with Crippen molar-refractivity contribution >= 4 is 17.5 Å². The molecular formula is C39H30ClFN8O. The fraction of sp³-hybridized carbons (Fsp3) is 0.103. The standard InChI is InChI=1S/C39H30ClFN8O/c1-25(24-49-18-17-33(48-49)26-19-31(40)30(22-42)32(41)20-26)44-37(50)35-21-34(46-47-35)36-23-43-38(45-36)39(27-11-5-2-6-12-27,28-13-7-3-8-14-28)29-15-9-4-10-16-29/h2-21,23,25H,24H2,1H3,(H,43,45)(H,44,50)(H,46,47)/t25-/m0/s1. The van der Waals surface area contributed by atoms with Crippen LogP contribution in [0.5, 0.6) is 0 Å². The molecule has 0 radical (unpaired) electrons. The first-order valence-electron chi connectivity index (χ1n) is 15.9. The molecule has 0 aliphatic carbocycles. The van der Waals surface area contributed by atoms with Crippen LogP contribution in [0.2, 0.25) is 5.02 Å². The van der Waals surface area contributed by atoms with Crippen molar-refractivity contribution in [3.63, 3.8) is 0 Å². The predicted octanol–water partition coefficient (Wildman–Crippen LogP) is 7.53. The van der Waals surface area contributed by atoms with Crippen molar-refractivity contribution in [2.24, 2.45) is 0 Å². The molecular weight excluding hydrogens is 651 g/mol. The second-order valence-corrected chi connectivity index (χ2v) is 12.3. The predicted molar refractivity (Wildman–Crippen MR) is 189 cm³/mol. The lowest BCUT2D eigenvalue weighted by Crippen LogP contribution is -2.36. The summed E-state index contributed by atoms with van der Waals surface area (Å²) in [6.45, 7) is 2.20. The van der Waals surface area contributed by atoms with Crippen molar-refractivity contribution in [2.75, 3.05) is 0 Å². The van der Waals surface area contributed by atoms with Gasteiger partial charge in [-0.2, -0.15) is 15.5 Å². The van der Waals surface area contributed by atoms with Gasteiger partial charge in [-0.15, -0.1) is 0 Å². The highest BCUT2D eigenvalue weighted by molar-refractivity contribution is 6.32. The molecule has 0 unspecified atom stereocenters. The number of aromatic amines is 2. The Morgan fingerprint density at radius 3 is 2.14 bits per heavy atom. The first kappa shape index (κ1) is 32.2. The van der Waals surface area contributed by atoms with Crippen molar-refractivity contribution in [1.82, 2.24) is 35.3 Å². The van der Waals surface area contributed by atoms with Gasteiger partial charge < -0.3 is 10.3 Å². The number of rotatable bonds is 10. The molecule has 0 saturated heterocycles. The molecule has 50 heavy (non-hydrogen) atoms. The highest BCUT2D eigenvalue weighted by Crippen LogP contribution is 2.44. The quantitative estimate of drug-likeness (QED) is 0.129. The first-order valence-corrected chi connectivity index (χ1v) is 16.3. The van der Waals surface area contributed by atoms with E-state index in [9.17, 15) is 9.18 Å². The van der Waals surface area contributed by atoms with Gasteiger partial charge in [-0.1, -0.05) is 103 Å². The molecule has 7 rings (SSSR count). The largest absolute Gasteiger partial charge is 0.346 e. The summed E-state index contributed by atoms with van der Waals surface area (Å²) >= 11 is 6.07. The van der Waals surface area contributed by atoms with E-state index in [2.05, 4.69) is 62.0 Å². The van der Waals surface area contributed by atoms with Crippen LogP contribution >= 0.6 is 11.6 Å². The second kappa shape index (κ2) is 13.7. The molecule has 4 aromatic carbocycles. The fourth-order valence-corrected chi connectivity index (χ4v) is 6.52. The molecule has 246 valence electrons. The van der Waals surface area contributed by atoms with Gasteiger partial charge >= 0.3 is 0 Å². The normalized spacial score (nSPS) is 12.0. The van der Waals surface area contributed by atoms with Crippen LogP contribution in [0.3, 0.4) is 0 Å². The third kappa shape index (κ3) is 6.06. The van der Waals surface area contributed by atoms with Gasteiger partial charge in [0.2, 0.25) is 0 Å². The van der Waals surface area contributed by atoms with E-state index >= 15 is 0 Å². The van der Waals surface area contributed by atoms with Crippen LogP contribution in [-0.4, -0.2) is 41.9 Å². The van der Waals surface area contributed by atoms with Crippen LogP contribution in [0.25, 0.3) is 22.6 Å². The lowest BCUT2D eigenvalue weighted by atomic mass is 9.69. The number of carbonyl (C=O) groups excluding carboxylic acids is 1. The average Bonchev–Trinajstić information content (AvgIpc) is 3.92. The SMILES string of the molecule is C[C@@H](Cn1ccc(-c2cc(F)c(C#N)c(Cl)c2)n1)NC(=O)c1cc(-c2cnc(C(c3ccccc3)(c3ccccc3)c3ccccc3)[nH]2)n[nH]1. The fourth-order valence-electron chi connectivity index (χ4n) is 6.27. The number of aromatic nitrogens is 6. The highest BCUT2D eigenvalue weighted by atomic mass is 35.5. The number of nitrogens with one attached hydrogen (secondary N) is 3. The Hall–Kier alpha value is -6.31. The number of halogens is 2. The summed E-state index contributed by atoms with van der Waals surface area (Å²) in [5.74, 6) is -0.335. The number of hydrogen-bond donors (Lipinski definition) is 3. The number of hydrogen-bond acceptors (Lipinski definition) is 5. The van der Waals surface area contributed by atoms with E-state index in [1.54, 1.807) is 35.3 Å². The average molecular weight is 681 g/mol. The number of benzene rings is 4. The molecule has 0 saturated carbocycles. The minimum absolute atomic E-state index is 0.0193. The van der Waals surface area contributed by atoms with Crippen LogP contribution in [0.15, 0.2) is 128 Å². The van der Waals surface area contributed by atoms with Crippen LogP contribution in [0.4, 0.5) is 4.39 Å². The monoisotopic (exact) mass is 680 g/mol. The lowest BCUT2D eigenvalue weighted by molar-refractivity contribution is 0.0931. The van der Waals surface area contributed by atoms with E-state index in [0.717, 1.165) is 16.7 Å². The summed E-state index contributed by atoms with van der Waals surface area (Å²) in [4.78, 5) is 21.7. The van der Waals surface area contributed by atoms with Gasteiger partial charge in [0.15, 0.2) is 0 Å². The number of nitrogens with zero attached hydrogens (tertiary/aromatic N) is 5. The zero-order chi connectivity index (χ0) is 34.7. The molecule has 0 bridgehead atoms. The van der Waals surface area contributed by atoms with Crippen LogP contribution in [-0.2, 0) is 12.0 Å². The molecule has 11 heteroatoms. The molecule has 9 nitrogen and oxygen atoms in total. The first-order chi connectivity index (χ1) is 24.4. The molecule has 1 atom stereocenters. The van der Waals surface area contributed by atoms with Gasteiger partial charge in [0.05, 0.1) is 29.2 Å². The van der Waals surface area contributed by atoms with E-state index < -0.39 is 11.2 Å². The molecule has 0 spiro atoms. The molecule has 0 aliphatic heterocycles. The summed E-state index contributed by atoms with van der Waals surface area (Å²) in [5.41, 5.74) is 4.59. The van der Waals surface area contributed by atoms with Crippen molar-refractivity contribution in [3.8, 4) is 28.7 Å². The zero-order valence-corrected chi connectivity index (χ0v) is 27.6. The molecule has 1 amide bonds. The van der Waals surface area contributed by atoms with Crippen molar-refractivity contribution < 1.29 is 9.18 Å². The molecule has 3 aromatic heterocycles. The number of nitriles is 1. The van der Waals surface area contributed by atoms with E-state index in [4.69, 9.17) is 21.8 Å². The Morgan fingerprint density at radius 2 is 1.56 bits per heavy atom. The minimum atomic E-state index is -0.749. The minimum Gasteiger partial charge on any atom is -0.346 e. The third-order valence-corrected chi connectivity index (χ3v) is 8.88. The van der Waals surface area contributed by atoms with E-state index in [1.807, 2.05) is 61.5 Å². The van der Waals surface area contributed by atoms with E-state index in [0.29, 0.717) is 35.0 Å². The molecule has 3 N–H and O–H groups in total. The summed E-state index contributed by atoms with van der Waals surface area (Å²) in [5, 5.41) is 23.9. The summed E-state index contributed by atoms with van der Waals surface area (Å²) in [7, 11) is 0. The van der Waals surface area contributed by atoms with Crippen molar-refractivity contribution in [2.45, 2.75) is 24.9 Å². The Morgan fingerprint density at radius 1 is 0.940 bits per heavy atom. The Labute approximate surface area is 292 Å². The second-order valence-electron chi connectivity index (χ2n) is 11.9. The summed E-state index contributed by atoms with van der Waals surface area (Å²) in [6, 6.07) is 38.3. The Kier molecular flexibility index (Phi) is 8.81. The van der Waals surface area contributed by atoms with Gasteiger partial charge in [-0.05, 0) is 47.9 Å². The Balaban J connectivity index is 1.11. The van der Waals surface area contributed by atoms with Crippen molar-refractivity contribution in [1.29, 1.82) is 5.26 Å². The molecule has 3 heterocycles. The zero-order valence-electron chi connectivity index (χ0n) is 26.8. The van der Waals surface area contributed by atoms with Crippen LogP contribution < -0.4 is 5.32 Å². The van der Waals surface area contributed by atoms with Crippen LogP contribution in [0.1, 0.15) is 45.5 Å². The maximum Gasteiger partial charge on any atom is 0.269 e. The van der Waals surface area contributed by atoms with Crippen molar-refractivity contribution in [3.05, 3.63) is 172 Å². The number of imidazole rings is 1. The number of amides is 1. The van der Waals surface area contributed by atoms with Crippen LogP contribution in [0, 0.1) is 17.1 Å². The Bertz CT molecular complexity index is 2190. The number of carbonyl (C=O) groups is 1. The smallest absolute Gasteiger partial charge is 0.269 e. The van der Waals surface area contributed by atoms with Gasteiger partial charge in [0.1, 0.15) is 40.1 Å². The summed E-state index contributed by atoms with van der Waals surface area (Å²) < 4.78 is 15.9. The van der Waals surface area contributed by atoms with E-state index in [-0.39, 0.29) is 28.2 Å². The third-order valence-electron chi connectivity index (χ3n) is 8.58. The topological polar surface area (TPSA) is 128 Å². The molecule has 7 aromatic rings. The molecule has 0 aliphatic rings. The van der Waals surface area contributed by atoms with Gasteiger partial charge in [0, 0.05) is 17.8 Å². The number of H-pyrrole nitrogens is 2. The summed E-state index contributed by atoms with van der Waals surface area (Å²) in [6.07, 6.45) is 3.47. The maximum absolute atomic E-state index is 14.3.